The van der Waals surface area contributed by atoms with E-state index in [4.69, 9.17) is 24.3 Å². The number of aromatic nitrogens is 4. The fourth-order valence-corrected chi connectivity index (χ4v) is 4.13. The normalized spacial score (nSPS) is 23.7. The van der Waals surface area contributed by atoms with Gasteiger partial charge in [-0.2, -0.15) is 0 Å². The Morgan fingerprint density at radius 3 is 2.73 bits per heavy atom. The average molecular weight is 387 g/mol. The Labute approximate surface area is 150 Å². The number of rotatable bonds is 8. The molecule has 0 amide bonds. The van der Waals surface area contributed by atoms with Gasteiger partial charge in [-0.3, -0.25) is 9.13 Å². The van der Waals surface area contributed by atoms with Crippen LogP contribution in [0, 0.1) is 0 Å². The van der Waals surface area contributed by atoms with Crippen LogP contribution < -0.4 is 5.73 Å². The highest BCUT2D eigenvalue weighted by molar-refractivity contribution is 7.53. The van der Waals surface area contributed by atoms with Gasteiger partial charge in [-0.25, -0.2) is 15.0 Å². The molecule has 0 aliphatic carbocycles. The van der Waals surface area contributed by atoms with Crippen molar-refractivity contribution in [3.8, 4) is 11.5 Å². The van der Waals surface area contributed by atoms with Crippen molar-refractivity contribution < 1.29 is 28.2 Å². The standard InChI is InChI=1S/C14H22N5O6P/c1-3-24-26(21,25-4-2)9-23-14(5-10(20)6-22-14)19-8-18-13-11(12(19)15)16-7-17-13/h7-8,10,20H,3-6,9,15H2,1-2H3/t10-,14-/m0/s1. The maximum atomic E-state index is 12.7. The van der Waals surface area contributed by atoms with Crippen molar-refractivity contribution in [3.05, 3.63) is 12.7 Å². The summed E-state index contributed by atoms with van der Waals surface area (Å²) in [6.45, 7) is 3.82. The minimum absolute atomic E-state index is 0.0186. The molecule has 3 rings (SSSR count). The lowest BCUT2D eigenvalue weighted by molar-refractivity contribution is -0.261. The molecule has 2 atom stereocenters. The number of hydrogen-bond acceptors (Lipinski definition) is 10. The summed E-state index contributed by atoms with van der Waals surface area (Å²) < 4.78 is 36.1. The molecule has 0 unspecified atom stereocenters. The highest BCUT2D eigenvalue weighted by Gasteiger charge is 2.46. The lowest BCUT2D eigenvalue weighted by Gasteiger charge is -2.33. The zero-order valence-corrected chi connectivity index (χ0v) is 15.5. The van der Waals surface area contributed by atoms with Gasteiger partial charge in [0.25, 0.3) is 5.91 Å². The maximum Gasteiger partial charge on any atom is 0.356 e. The predicted molar refractivity (Wildman–Crippen MR) is 90.2 cm³/mol. The molecule has 3 heterocycles. The Morgan fingerprint density at radius 1 is 1.38 bits per heavy atom. The first-order chi connectivity index (χ1) is 12.4. The number of aliphatic hydroxyl groups is 1. The van der Waals surface area contributed by atoms with E-state index in [0.717, 1.165) is 0 Å². The van der Waals surface area contributed by atoms with Gasteiger partial charge in [0.05, 0.1) is 32.3 Å². The molecular formula is C14H22N5O6P. The van der Waals surface area contributed by atoms with Gasteiger partial charge in [0.2, 0.25) is 0 Å². The van der Waals surface area contributed by atoms with Crippen LogP contribution in [0.5, 0.6) is 0 Å². The second-order valence-electron chi connectivity index (χ2n) is 5.65. The van der Waals surface area contributed by atoms with Crippen molar-refractivity contribution in [2.24, 2.45) is 0 Å². The van der Waals surface area contributed by atoms with Crippen LogP contribution in [-0.4, -0.2) is 56.9 Å². The van der Waals surface area contributed by atoms with Crippen LogP contribution in [0.3, 0.4) is 0 Å². The number of aliphatic hydroxyl groups excluding tert-OH is 1. The molecule has 12 heteroatoms. The summed E-state index contributed by atoms with van der Waals surface area (Å²) in [4.78, 5) is 12.2. The molecule has 3 aliphatic rings. The van der Waals surface area contributed by atoms with E-state index < -0.39 is 19.6 Å². The van der Waals surface area contributed by atoms with Crippen molar-refractivity contribution in [2.45, 2.75) is 32.3 Å². The van der Waals surface area contributed by atoms with Gasteiger partial charge in [-0.05, 0) is 13.8 Å². The molecule has 0 bridgehead atoms. The van der Waals surface area contributed by atoms with E-state index in [0.29, 0.717) is 11.5 Å². The van der Waals surface area contributed by atoms with Crippen molar-refractivity contribution in [1.29, 1.82) is 0 Å². The van der Waals surface area contributed by atoms with Crippen molar-refractivity contribution in [2.75, 3.05) is 31.9 Å². The Morgan fingerprint density at radius 2 is 2.12 bits per heavy atom. The first-order valence-electron chi connectivity index (χ1n) is 8.21. The van der Waals surface area contributed by atoms with Gasteiger partial charge in [-0.15, -0.1) is 0 Å². The Bertz CT molecular complexity index is 762. The van der Waals surface area contributed by atoms with E-state index >= 15 is 0 Å². The summed E-state index contributed by atoms with van der Waals surface area (Å²) in [5, 5.41) is 9.99. The van der Waals surface area contributed by atoms with Crippen LogP contribution >= 0.6 is 7.60 Å². The van der Waals surface area contributed by atoms with E-state index in [-0.39, 0.29) is 38.4 Å². The quantitative estimate of drug-likeness (QED) is 0.629. The molecule has 0 aromatic heterocycles. The Hall–Kier alpha value is -1.62. The smallest absolute Gasteiger partial charge is 0.356 e. The molecule has 0 aromatic carbocycles. The summed E-state index contributed by atoms with van der Waals surface area (Å²) in [5.74, 6) is -0.931. The van der Waals surface area contributed by atoms with Gasteiger partial charge >= 0.3 is 7.60 Å². The fraction of sp³-hybridized carbons (Fsp3) is 0.643. The third kappa shape index (κ3) is 3.59. The van der Waals surface area contributed by atoms with Crippen molar-refractivity contribution in [1.82, 2.24) is 19.5 Å². The summed E-state index contributed by atoms with van der Waals surface area (Å²) in [7, 11) is -3.49. The van der Waals surface area contributed by atoms with Crippen LogP contribution in [0.4, 0.5) is 5.82 Å². The molecular weight excluding hydrogens is 365 g/mol. The van der Waals surface area contributed by atoms with Crippen LogP contribution in [0.15, 0.2) is 12.7 Å². The molecule has 0 spiro atoms. The zero-order valence-electron chi connectivity index (χ0n) is 14.6. The third-order valence-electron chi connectivity index (χ3n) is 3.84. The fourth-order valence-electron chi connectivity index (χ4n) is 2.76. The van der Waals surface area contributed by atoms with E-state index in [9.17, 15) is 9.67 Å². The van der Waals surface area contributed by atoms with Gasteiger partial charge in [0, 0.05) is 0 Å². The lowest BCUT2D eigenvalue weighted by Crippen LogP contribution is -2.38. The van der Waals surface area contributed by atoms with E-state index in [2.05, 4.69) is 15.0 Å². The number of imidazole rings is 1. The lowest BCUT2D eigenvalue weighted by atomic mass is 10.2. The number of nitrogens with two attached hydrogens (primary N) is 1. The molecule has 3 N–H and O–H groups in total. The minimum Gasteiger partial charge on any atom is -0.390 e. The second kappa shape index (κ2) is 7.55. The Kier molecular flexibility index (Phi) is 5.56. The molecule has 0 aromatic rings. The van der Waals surface area contributed by atoms with Crippen molar-refractivity contribution >= 4 is 13.4 Å². The monoisotopic (exact) mass is 387 g/mol. The summed E-state index contributed by atoms with van der Waals surface area (Å²) in [6.07, 6.45) is 1.62. The highest BCUT2D eigenvalue weighted by Crippen LogP contribution is 2.50. The molecule has 3 aliphatic heterocycles. The number of nitrogen functional groups attached to an aromatic ring is 1. The average Bonchev–Trinajstić information content (AvgIpc) is 3.22. The van der Waals surface area contributed by atoms with E-state index in [1.54, 1.807) is 13.8 Å². The van der Waals surface area contributed by atoms with Crippen LogP contribution in [0.2, 0.25) is 0 Å². The number of fused-ring (bicyclic) bond motifs is 1. The molecule has 1 saturated heterocycles. The van der Waals surface area contributed by atoms with E-state index in [1.165, 1.54) is 17.2 Å². The maximum absolute atomic E-state index is 12.7. The zero-order chi connectivity index (χ0) is 18.8. The molecule has 144 valence electrons. The van der Waals surface area contributed by atoms with Crippen LogP contribution in [-0.2, 0) is 29.0 Å². The SMILES string of the molecule is CCOP(=O)(CO[C@]1(n2cnc3ncnc-3c2N)C[C@H](O)CO1)OCC. The summed E-state index contributed by atoms with van der Waals surface area (Å²) in [6, 6.07) is 0. The van der Waals surface area contributed by atoms with Gasteiger partial charge in [-0.1, -0.05) is 0 Å². The van der Waals surface area contributed by atoms with E-state index in [1.807, 2.05) is 0 Å². The highest BCUT2D eigenvalue weighted by atomic mass is 31.2. The minimum atomic E-state index is -3.49. The largest absolute Gasteiger partial charge is 0.390 e. The first-order valence-corrected chi connectivity index (χ1v) is 9.94. The number of nitrogens with zero attached hydrogens (tertiary/aromatic N) is 4. The number of ether oxygens (including phenoxy) is 2. The summed E-state index contributed by atoms with van der Waals surface area (Å²) >= 11 is 0. The molecule has 26 heavy (non-hydrogen) atoms. The first kappa shape index (κ1) is 19.2. The van der Waals surface area contributed by atoms with Gasteiger partial charge in [0.1, 0.15) is 24.2 Å². The topological polar surface area (TPSA) is 144 Å². The van der Waals surface area contributed by atoms with Crippen LogP contribution in [0.25, 0.3) is 11.5 Å². The third-order valence-corrected chi connectivity index (χ3v) is 5.59. The molecule has 0 saturated carbocycles. The number of anilines is 1. The molecule has 11 nitrogen and oxygen atoms in total. The number of hydrogen-bond donors (Lipinski definition) is 2. The predicted octanol–water partition coefficient (Wildman–Crippen LogP) is 0.992. The van der Waals surface area contributed by atoms with Crippen molar-refractivity contribution in [3.63, 3.8) is 0 Å². The van der Waals surface area contributed by atoms with Gasteiger partial charge in [0.15, 0.2) is 12.2 Å². The Balaban J connectivity index is 1.93. The molecule has 0 radical (unpaired) electrons. The van der Waals surface area contributed by atoms with Gasteiger partial charge < -0.3 is 29.4 Å². The molecule has 1 fully saturated rings. The summed E-state index contributed by atoms with van der Waals surface area (Å²) in [5.41, 5.74) is 6.55. The van der Waals surface area contributed by atoms with Crippen LogP contribution in [0.1, 0.15) is 20.3 Å². The second-order valence-corrected chi connectivity index (χ2v) is 7.64.